The highest BCUT2D eigenvalue weighted by atomic mass is 31.2. The predicted octanol–water partition coefficient (Wildman–Crippen LogP) is 5.15. The molecule has 1 aromatic carbocycles. The highest BCUT2D eigenvalue weighted by Gasteiger charge is 2.23. The number of pyridine rings is 2. The lowest BCUT2D eigenvalue weighted by Gasteiger charge is -2.17. The lowest BCUT2D eigenvalue weighted by atomic mass is 10.2. The first-order valence-electron chi connectivity index (χ1n) is 9.10. The zero-order valence-electron chi connectivity index (χ0n) is 16.2. The van der Waals surface area contributed by atoms with Crippen LogP contribution in [-0.4, -0.2) is 30.3 Å². The minimum Gasteiger partial charge on any atom is -0.481 e. The molecule has 148 valence electrons. The van der Waals surface area contributed by atoms with Gasteiger partial charge in [0.1, 0.15) is 0 Å². The molecule has 0 aliphatic carbocycles. The Bertz CT molecular complexity index is 969. The van der Waals surface area contributed by atoms with E-state index in [0.29, 0.717) is 24.7 Å². The molecule has 0 aliphatic rings. The first-order valence-corrected chi connectivity index (χ1v) is 10.8. The Morgan fingerprint density at radius 1 is 1.00 bits per heavy atom. The van der Waals surface area contributed by atoms with Crippen molar-refractivity contribution in [3.63, 3.8) is 0 Å². The van der Waals surface area contributed by atoms with Gasteiger partial charge in [0, 0.05) is 23.3 Å². The van der Waals surface area contributed by atoms with E-state index in [1.54, 1.807) is 19.4 Å². The molecule has 0 atom stereocenters. The highest BCUT2D eigenvalue weighted by Crippen LogP contribution is 2.51. The van der Waals surface area contributed by atoms with E-state index >= 15 is 0 Å². The van der Waals surface area contributed by atoms with Crippen LogP contribution in [0.3, 0.4) is 0 Å². The lowest BCUT2D eigenvalue weighted by molar-refractivity contribution is 0.219. The first kappa shape index (κ1) is 20.3. The quantitative estimate of drug-likeness (QED) is 0.497. The second kappa shape index (κ2) is 9.15. The zero-order chi connectivity index (χ0) is 20.0. The van der Waals surface area contributed by atoms with Gasteiger partial charge in [-0.2, -0.15) is 4.98 Å². The van der Waals surface area contributed by atoms with Crippen LogP contribution >= 0.6 is 7.60 Å². The number of aromatic nitrogens is 2. The van der Waals surface area contributed by atoms with E-state index in [2.05, 4.69) is 15.3 Å². The standard InChI is InChI=1S/C20H24N3O4P/c1-4-26-28(24,27-5-2)14-15-6-8-16(9-7-15)22-18-12-13-21-20-17(18)10-11-19(23-20)25-3/h6-13H,4-5,14H2,1-3H3,(H,21,22,23). The van der Waals surface area contributed by atoms with Crippen LogP contribution in [0.2, 0.25) is 0 Å². The zero-order valence-corrected chi connectivity index (χ0v) is 17.1. The number of methoxy groups -OCH3 is 1. The highest BCUT2D eigenvalue weighted by molar-refractivity contribution is 7.53. The smallest absolute Gasteiger partial charge is 0.335 e. The van der Waals surface area contributed by atoms with Gasteiger partial charge in [0.2, 0.25) is 5.88 Å². The third-order valence-electron chi connectivity index (χ3n) is 4.05. The van der Waals surface area contributed by atoms with E-state index in [1.165, 1.54) is 0 Å². The number of benzene rings is 1. The maximum absolute atomic E-state index is 12.7. The van der Waals surface area contributed by atoms with Crippen molar-refractivity contribution in [1.82, 2.24) is 9.97 Å². The molecular weight excluding hydrogens is 377 g/mol. The van der Waals surface area contributed by atoms with E-state index < -0.39 is 7.60 Å². The number of nitrogens with zero attached hydrogens (tertiary/aromatic N) is 2. The Kier molecular flexibility index (Phi) is 6.62. The molecule has 0 radical (unpaired) electrons. The third kappa shape index (κ3) is 4.87. The molecule has 2 heterocycles. The maximum Gasteiger partial charge on any atom is 0.335 e. The molecule has 28 heavy (non-hydrogen) atoms. The third-order valence-corrected chi connectivity index (χ3v) is 6.10. The molecule has 0 fully saturated rings. The molecule has 0 aliphatic heterocycles. The van der Waals surface area contributed by atoms with Gasteiger partial charge in [0.15, 0.2) is 5.65 Å². The second-order valence-electron chi connectivity index (χ2n) is 6.01. The first-order chi connectivity index (χ1) is 13.6. The summed E-state index contributed by atoms with van der Waals surface area (Å²) in [6.45, 7) is 4.32. The average Bonchev–Trinajstić information content (AvgIpc) is 2.69. The van der Waals surface area contributed by atoms with Gasteiger partial charge in [-0.05, 0) is 43.7 Å². The van der Waals surface area contributed by atoms with Crippen LogP contribution in [0.1, 0.15) is 19.4 Å². The summed E-state index contributed by atoms with van der Waals surface area (Å²) in [6, 6.07) is 13.3. The molecule has 1 N–H and O–H groups in total. The Morgan fingerprint density at radius 2 is 1.71 bits per heavy atom. The fourth-order valence-electron chi connectivity index (χ4n) is 2.83. The number of anilines is 2. The predicted molar refractivity (Wildman–Crippen MR) is 110 cm³/mol. The fraction of sp³-hybridized carbons (Fsp3) is 0.300. The Hall–Kier alpha value is -2.47. The number of rotatable bonds is 9. The summed E-state index contributed by atoms with van der Waals surface area (Å²) in [5, 5.41) is 4.27. The molecule has 0 amide bonds. The number of hydrogen-bond donors (Lipinski definition) is 1. The van der Waals surface area contributed by atoms with Gasteiger partial charge in [-0.3, -0.25) is 4.57 Å². The largest absolute Gasteiger partial charge is 0.481 e. The van der Waals surface area contributed by atoms with Crippen molar-refractivity contribution in [2.75, 3.05) is 25.6 Å². The van der Waals surface area contributed by atoms with E-state index in [9.17, 15) is 4.57 Å². The van der Waals surface area contributed by atoms with Crippen LogP contribution in [0.5, 0.6) is 5.88 Å². The Balaban J connectivity index is 1.78. The molecule has 0 bridgehead atoms. The van der Waals surface area contributed by atoms with Crippen molar-refractivity contribution < 1.29 is 18.3 Å². The molecule has 8 heteroatoms. The van der Waals surface area contributed by atoms with Crippen LogP contribution in [0.25, 0.3) is 11.0 Å². The van der Waals surface area contributed by atoms with Gasteiger partial charge < -0.3 is 19.1 Å². The van der Waals surface area contributed by atoms with Gasteiger partial charge >= 0.3 is 7.60 Å². The van der Waals surface area contributed by atoms with Crippen molar-refractivity contribution in [3.8, 4) is 5.88 Å². The van der Waals surface area contributed by atoms with Crippen molar-refractivity contribution in [1.29, 1.82) is 0 Å². The van der Waals surface area contributed by atoms with E-state index in [0.717, 1.165) is 22.3 Å². The topological polar surface area (TPSA) is 82.6 Å². The average molecular weight is 401 g/mol. The van der Waals surface area contributed by atoms with E-state index in [1.807, 2.05) is 50.2 Å². The summed E-state index contributed by atoms with van der Waals surface area (Å²) in [5.41, 5.74) is 3.29. The maximum atomic E-state index is 12.7. The number of hydrogen-bond acceptors (Lipinski definition) is 7. The van der Waals surface area contributed by atoms with Gasteiger partial charge in [-0.1, -0.05) is 12.1 Å². The van der Waals surface area contributed by atoms with Crippen LogP contribution in [0, 0.1) is 0 Å². The summed E-state index contributed by atoms with van der Waals surface area (Å²) < 4.78 is 28.5. The van der Waals surface area contributed by atoms with Crippen LogP contribution < -0.4 is 10.1 Å². The molecule has 2 aromatic heterocycles. The van der Waals surface area contributed by atoms with Crippen LogP contribution in [0.15, 0.2) is 48.7 Å². The van der Waals surface area contributed by atoms with Gasteiger partial charge in [-0.25, -0.2) is 4.98 Å². The normalized spacial score (nSPS) is 11.5. The molecule has 7 nitrogen and oxygen atoms in total. The van der Waals surface area contributed by atoms with Crippen molar-refractivity contribution >= 4 is 30.0 Å². The van der Waals surface area contributed by atoms with Crippen LogP contribution in [0.4, 0.5) is 11.4 Å². The molecule has 3 aromatic rings. The molecular formula is C20H24N3O4P. The van der Waals surface area contributed by atoms with E-state index in [-0.39, 0.29) is 6.16 Å². The molecule has 0 unspecified atom stereocenters. The Morgan fingerprint density at radius 3 is 2.36 bits per heavy atom. The minimum absolute atomic E-state index is 0.247. The second-order valence-corrected chi connectivity index (χ2v) is 8.06. The molecule has 3 rings (SSSR count). The summed E-state index contributed by atoms with van der Waals surface area (Å²) in [6.07, 6.45) is 1.95. The summed E-state index contributed by atoms with van der Waals surface area (Å²) in [7, 11) is -1.53. The molecule has 0 saturated carbocycles. The summed E-state index contributed by atoms with van der Waals surface area (Å²) >= 11 is 0. The van der Waals surface area contributed by atoms with E-state index in [4.69, 9.17) is 13.8 Å². The number of ether oxygens (including phenoxy) is 1. The van der Waals surface area contributed by atoms with Gasteiger partial charge in [0.25, 0.3) is 0 Å². The summed E-state index contributed by atoms with van der Waals surface area (Å²) in [4.78, 5) is 8.64. The monoisotopic (exact) mass is 401 g/mol. The SMILES string of the molecule is CCOP(=O)(Cc1ccc(Nc2ccnc3nc(OC)ccc23)cc1)OCC. The Labute approximate surface area is 164 Å². The van der Waals surface area contributed by atoms with Crippen molar-refractivity contribution in [2.24, 2.45) is 0 Å². The minimum atomic E-state index is -3.11. The van der Waals surface area contributed by atoms with Gasteiger partial charge in [0.05, 0.1) is 32.2 Å². The van der Waals surface area contributed by atoms with Gasteiger partial charge in [-0.15, -0.1) is 0 Å². The van der Waals surface area contributed by atoms with Crippen LogP contribution in [-0.2, 0) is 19.8 Å². The molecule has 0 spiro atoms. The van der Waals surface area contributed by atoms with Crippen molar-refractivity contribution in [3.05, 3.63) is 54.2 Å². The summed E-state index contributed by atoms with van der Waals surface area (Å²) in [5.74, 6) is 0.523. The number of fused-ring (bicyclic) bond motifs is 1. The fourth-order valence-corrected chi connectivity index (χ4v) is 4.53. The number of nitrogens with one attached hydrogen (secondary N) is 1. The lowest BCUT2D eigenvalue weighted by Crippen LogP contribution is -1.99. The molecule has 0 saturated heterocycles. The van der Waals surface area contributed by atoms with Crippen molar-refractivity contribution in [2.45, 2.75) is 20.0 Å².